The van der Waals surface area contributed by atoms with E-state index >= 15 is 0 Å². The highest BCUT2D eigenvalue weighted by molar-refractivity contribution is 7.92. The third-order valence-corrected chi connectivity index (χ3v) is 6.02. The normalized spacial score (nSPS) is 21.4. The highest BCUT2D eigenvalue weighted by Crippen LogP contribution is 2.22. The third kappa shape index (κ3) is 3.52. The molecule has 0 aliphatic carbocycles. The molecule has 1 aromatic rings. The number of benzene rings is 1. The molecular formula is C14H17ClO4S. The van der Waals surface area contributed by atoms with Crippen molar-refractivity contribution in [1.82, 2.24) is 0 Å². The van der Waals surface area contributed by atoms with Gasteiger partial charge in [0.2, 0.25) is 0 Å². The van der Waals surface area contributed by atoms with Crippen molar-refractivity contribution in [2.24, 2.45) is 0 Å². The standard InChI is InChI=1S/C14H17ClO4S/c1-10-5-6-12(13(15)8-10)14(16)19-9-11-4-2-3-7-20(11,17)18/h5-6,8,11H,2-4,7,9H2,1H3. The van der Waals surface area contributed by atoms with Crippen LogP contribution in [0.15, 0.2) is 18.2 Å². The fraction of sp³-hybridized carbons (Fsp3) is 0.500. The van der Waals surface area contributed by atoms with Crippen molar-refractivity contribution in [3.8, 4) is 0 Å². The summed E-state index contributed by atoms with van der Waals surface area (Å²) in [7, 11) is -3.13. The van der Waals surface area contributed by atoms with Crippen LogP contribution in [-0.2, 0) is 14.6 Å². The lowest BCUT2D eigenvalue weighted by atomic mass is 10.1. The molecule has 1 unspecified atom stereocenters. The maximum absolute atomic E-state index is 11.9. The Hall–Kier alpha value is -1.07. The molecule has 1 fully saturated rings. The SMILES string of the molecule is Cc1ccc(C(=O)OCC2CCCCS2(=O)=O)c(Cl)c1. The molecule has 1 atom stereocenters. The summed E-state index contributed by atoms with van der Waals surface area (Å²) >= 11 is 5.98. The predicted octanol–water partition coefficient (Wildman–Crippen LogP) is 2.77. The summed E-state index contributed by atoms with van der Waals surface area (Å²) in [6.07, 6.45) is 2.10. The second-order valence-corrected chi connectivity index (χ2v) is 7.87. The molecule has 0 bridgehead atoms. The zero-order valence-electron chi connectivity index (χ0n) is 11.3. The van der Waals surface area contributed by atoms with E-state index in [9.17, 15) is 13.2 Å². The summed E-state index contributed by atoms with van der Waals surface area (Å²) in [5.41, 5.74) is 1.21. The molecule has 4 nitrogen and oxygen atoms in total. The van der Waals surface area contributed by atoms with Gasteiger partial charge in [0.15, 0.2) is 9.84 Å². The average Bonchev–Trinajstić information content (AvgIpc) is 2.36. The van der Waals surface area contributed by atoms with Gasteiger partial charge in [-0.1, -0.05) is 24.1 Å². The van der Waals surface area contributed by atoms with Gasteiger partial charge in [0.1, 0.15) is 6.61 Å². The highest BCUT2D eigenvalue weighted by atomic mass is 35.5. The number of esters is 1. The molecule has 0 amide bonds. The Labute approximate surface area is 124 Å². The van der Waals surface area contributed by atoms with Crippen LogP contribution in [0.25, 0.3) is 0 Å². The van der Waals surface area contributed by atoms with Crippen LogP contribution in [0.4, 0.5) is 0 Å². The smallest absolute Gasteiger partial charge is 0.339 e. The summed E-state index contributed by atoms with van der Waals surface area (Å²) in [5.74, 6) is -0.392. The quantitative estimate of drug-likeness (QED) is 0.804. The van der Waals surface area contributed by atoms with Gasteiger partial charge < -0.3 is 4.74 Å². The second kappa shape index (κ2) is 6.14. The van der Waals surface area contributed by atoms with Crippen molar-refractivity contribution in [1.29, 1.82) is 0 Å². The van der Waals surface area contributed by atoms with Gasteiger partial charge in [-0.05, 0) is 37.5 Å². The second-order valence-electron chi connectivity index (χ2n) is 5.07. The molecule has 2 rings (SSSR count). The van der Waals surface area contributed by atoms with Crippen LogP contribution in [-0.4, -0.2) is 32.0 Å². The van der Waals surface area contributed by atoms with Crippen molar-refractivity contribution < 1.29 is 17.9 Å². The Morgan fingerprint density at radius 2 is 2.15 bits per heavy atom. The number of carbonyl (C=O) groups is 1. The summed E-state index contributed by atoms with van der Waals surface area (Å²) in [6, 6.07) is 5.03. The first kappa shape index (κ1) is 15.3. The summed E-state index contributed by atoms with van der Waals surface area (Å²) in [5, 5.41) is -0.258. The zero-order chi connectivity index (χ0) is 14.8. The topological polar surface area (TPSA) is 60.4 Å². The van der Waals surface area contributed by atoms with Crippen LogP contribution in [0.1, 0.15) is 35.2 Å². The Kier molecular flexibility index (Phi) is 4.70. The molecule has 1 aliphatic heterocycles. The van der Waals surface area contributed by atoms with E-state index in [1.165, 1.54) is 0 Å². The molecule has 0 radical (unpaired) electrons. The molecule has 0 N–H and O–H groups in total. The van der Waals surface area contributed by atoms with Crippen molar-refractivity contribution in [2.45, 2.75) is 31.4 Å². The van der Waals surface area contributed by atoms with Crippen molar-refractivity contribution in [3.05, 3.63) is 34.3 Å². The number of carbonyl (C=O) groups excluding carboxylic acids is 1. The molecule has 20 heavy (non-hydrogen) atoms. The van der Waals surface area contributed by atoms with E-state index < -0.39 is 21.1 Å². The lowest BCUT2D eigenvalue weighted by Crippen LogP contribution is -2.33. The fourth-order valence-electron chi connectivity index (χ4n) is 2.24. The fourth-order valence-corrected chi connectivity index (χ4v) is 4.29. The van der Waals surface area contributed by atoms with Crippen LogP contribution in [0.2, 0.25) is 5.02 Å². The van der Waals surface area contributed by atoms with Gasteiger partial charge in [-0.2, -0.15) is 0 Å². The molecule has 110 valence electrons. The molecule has 1 aliphatic rings. The van der Waals surface area contributed by atoms with E-state index in [0.717, 1.165) is 12.0 Å². The minimum absolute atomic E-state index is 0.0919. The first-order valence-electron chi connectivity index (χ1n) is 6.55. The van der Waals surface area contributed by atoms with Gasteiger partial charge in [-0.25, -0.2) is 13.2 Å². The predicted molar refractivity (Wildman–Crippen MR) is 77.9 cm³/mol. The van der Waals surface area contributed by atoms with E-state index in [4.69, 9.17) is 16.3 Å². The van der Waals surface area contributed by atoms with Gasteiger partial charge in [0, 0.05) is 0 Å². The van der Waals surface area contributed by atoms with Crippen LogP contribution in [0, 0.1) is 6.92 Å². The van der Waals surface area contributed by atoms with E-state index in [1.54, 1.807) is 18.2 Å². The Balaban J connectivity index is 2.02. The Bertz CT molecular complexity index is 610. The van der Waals surface area contributed by atoms with E-state index in [1.807, 2.05) is 6.92 Å². The van der Waals surface area contributed by atoms with Gasteiger partial charge in [0.05, 0.1) is 21.6 Å². The maximum atomic E-state index is 11.9. The summed E-state index contributed by atoms with van der Waals surface area (Å²) in [4.78, 5) is 11.9. The molecular weight excluding hydrogens is 300 g/mol. The number of sulfone groups is 1. The Morgan fingerprint density at radius 3 is 2.80 bits per heavy atom. The number of rotatable bonds is 3. The highest BCUT2D eigenvalue weighted by Gasteiger charge is 2.30. The van der Waals surface area contributed by atoms with Gasteiger partial charge >= 0.3 is 5.97 Å². The lowest BCUT2D eigenvalue weighted by Gasteiger charge is -2.21. The number of aryl methyl sites for hydroxylation is 1. The molecule has 1 saturated heterocycles. The average molecular weight is 317 g/mol. The molecule has 1 aromatic carbocycles. The number of hydrogen-bond acceptors (Lipinski definition) is 4. The van der Waals surface area contributed by atoms with Crippen LogP contribution >= 0.6 is 11.6 Å². The van der Waals surface area contributed by atoms with Crippen molar-refractivity contribution in [3.63, 3.8) is 0 Å². The molecule has 0 spiro atoms. The molecule has 1 heterocycles. The molecule has 6 heteroatoms. The van der Waals surface area contributed by atoms with Gasteiger partial charge in [-0.15, -0.1) is 0 Å². The van der Waals surface area contributed by atoms with E-state index in [0.29, 0.717) is 17.9 Å². The van der Waals surface area contributed by atoms with Gasteiger partial charge in [0.25, 0.3) is 0 Å². The first-order chi connectivity index (χ1) is 9.40. The summed E-state index contributed by atoms with van der Waals surface area (Å²) < 4.78 is 28.8. The van der Waals surface area contributed by atoms with E-state index in [2.05, 4.69) is 0 Å². The minimum Gasteiger partial charge on any atom is -0.461 e. The maximum Gasteiger partial charge on any atom is 0.339 e. The summed E-state index contributed by atoms with van der Waals surface area (Å²) in [6.45, 7) is 1.78. The lowest BCUT2D eigenvalue weighted by molar-refractivity contribution is 0.0500. The minimum atomic E-state index is -3.13. The van der Waals surface area contributed by atoms with Crippen LogP contribution < -0.4 is 0 Å². The first-order valence-corrected chi connectivity index (χ1v) is 8.64. The van der Waals surface area contributed by atoms with Crippen LogP contribution in [0.5, 0.6) is 0 Å². The molecule has 0 saturated carbocycles. The Morgan fingerprint density at radius 1 is 1.40 bits per heavy atom. The monoisotopic (exact) mass is 316 g/mol. The zero-order valence-corrected chi connectivity index (χ0v) is 12.8. The largest absolute Gasteiger partial charge is 0.461 e. The number of hydrogen-bond donors (Lipinski definition) is 0. The number of halogens is 1. The molecule has 0 aromatic heterocycles. The van der Waals surface area contributed by atoms with Crippen molar-refractivity contribution in [2.75, 3.05) is 12.4 Å². The van der Waals surface area contributed by atoms with Crippen molar-refractivity contribution >= 4 is 27.4 Å². The number of ether oxygens (including phenoxy) is 1. The van der Waals surface area contributed by atoms with Gasteiger partial charge in [-0.3, -0.25) is 0 Å². The third-order valence-electron chi connectivity index (χ3n) is 3.46. The van der Waals surface area contributed by atoms with Crippen LogP contribution in [0.3, 0.4) is 0 Å². The van der Waals surface area contributed by atoms with E-state index in [-0.39, 0.29) is 17.9 Å².